The van der Waals surface area contributed by atoms with E-state index in [4.69, 9.17) is 8.86 Å². The zero-order valence-corrected chi connectivity index (χ0v) is 20.7. The Hall–Kier alpha value is 0.173. The zero-order chi connectivity index (χ0) is 16.3. The summed E-state index contributed by atoms with van der Waals surface area (Å²) in [6.45, 7) is 0. The van der Waals surface area contributed by atoms with Gasteiger partial charge in [-0.1, -0.05) is 0 Å². The fourth-order valence-electron chi connectivity index (χ4n) is 3.75. The summed E-state index contributed by atoms with van der Waals surface area (Å²) in [5, 5.41) is 0. The van der Waals surface area contributed by atoms with E-state index in [1.807, 2.05) is 11.8 Å². The Balaban J connectivity index is 0.000000980. The summed E-state index contributed by atoms with van der Waals surface area (Å²) < 4.78 is 4.20. The van der Waals surface area contributed by atoms with E-state index in [-0.39, 0.29) is 24.8 Å². The molecule has 0 atom stereocenters. The Morgan fingerprint density at radius 1 is 1.00 bits per heavy atom. The number of rotatable bonds is 2. The van der Waals surface area contributed by atoms with Gasteiger partial charge >= 0.3 is 167 Å². The fourth-order valence-corrected chi connectivity index (χ4v) is 11.8. The monoisotopic (exact) mass is 556 g/mol. The molecule has 2 aliphatic carbocycles. The van der Waals surface area contributed by atoms with Crippen LogP contribution in [-0.2, 0) is 26.1 Å². The first-order chi connectivity index (χ1) is 11.7. The molecule has 1 aliphatic heterocycles. The summed E-state index contributed by atoms with van der Waals surface area (Å²) in [4.78, 5) is 0. The van der Waals surface area contributed by atoms with Gasteiger partial charge in [0, 0.05) is 0 Å². The van der Waals surface area contributed by atoms with Crippen LogP contribution >= 0.6 is 36.5 Å². The van der Waals surface area contributed by atoms with Gasteiger partial charge in [-0.3, -0.25) is 0 Å². The Labute approximate surface area is 189 Å². The van der Waals surface area contributed by atoms with Crippen molar-refractivity contribution in [3.63, 3.8) is 0 Å². The van der Waals surface area contributed by atoms with E-state index < -0.39 is 19.7 Å². The number of thioether (sulfide) groups is 1. The standard InChI is InChI=1S/C11H6BrS.C9H7.2ClH.S.Zr/c12-11-10-8(6-13-11)5-7-3-1-2-4-9(7)10;1-2-5-9-7-3-6-8(9)4-1;;;;/h1-2,4-5H,6H2;1-4,7H,6H2;2*1H;;/q;;;;;+2/p-2. The average Bonchev–Trinajstić information content (AvgIpc) is 3.29. The van der Waals surface area contributed by atoms with Crippen molar-refractivity contribution in [3.8, 4) is 0 Å². The molecule has 2 aromatic rings. The molecule has 0 spiro atoms. The van der Waals surface area contributed by atoms with Gasteiger partial charge in [0.05, 0.1) is 0 Å². The Morgan fingerprint density at radius 3 is 2.54 bits per heavy atom. The molecule has 0 fully saturated rings. The van der Waals surface area contributed by atoms with Crippen LogP contribution in [0, 0.1) is 0 Å². The van der Waals surface area contributed by atoms with Crippen LogP contribution in [0.2, 0.25) is 0 Å². The van der Waals surface area contributed by atoms with Crippen LogP contribution in [0.4, 0.5) is 0 Å². The Morgan fingerprint density at radius 2 is 1.73 bits per heavy atom. The normalized spacial score (nSPS) is 15.3. The van der Waals surface area contributed by atoms with E-state index in [1.54, 1.807) is 0 Å². The van der Waals surface area contributed by atoms with Crippen molar-refractivity contribution in [2.24, 2.45) is 0 Å². The summed E-state index contributed by atoms with van der Waals surface area (Å²) in [6, 6.07) is 13.5. The van der Waals surface area contributed by atoms with E-state index >= 15 is 0 Å². The van der Waals surface area contributed by atoms with Gasteiger partial charge in [-0.2, -0.15) is 0 Å². The van der Waals surface area contributed by atoms with E-state index in [1.165, 1.54) is 43.8 Å². The van der Waals surface area contributed by atoms with Gasteiger partial charge in [-0.25, -0.2) is 0 Å². The molecular formula is C20H13BrCl2S2Zr. The first kappa shape index (κ1) is 20.9. The number of fused-ring (bicyclic) bond motifs is 4. The molecule has 0 radical (unpaired) electrons. The Kier molecular flexibility index (Phi) is 6.65. The van der Waals surface area contributed by atoms with Crippen LogP contribution < -0.4 is 31.4 Å². The zero-order valence-electron chi connectivity index (χ0n) is 13.6. The predicted octanol–water partition coefficient (Wildman–Crippen LogP) is -0.847. The van der Waals surface area contributed by atoms with Crippen molar-refractivity contribution in [1.29, 1.82) is 0 Å². The SMILES string of the molecule is [Cl-].[Cl-].[S]=[Zr+2]([c]1cccc2c1C=CC2)[c]1cccc2c1C=C1CSC(Br)=C12. The molecule has 0 saturated carbocycles. The number of benzene rings is 2. The first-order valence-corrected chi connectivity index (χ1v) is 15.6. The molecule has 2 aromatic carbocycles. The topological polar surface area (TPSA) is 0 Å². The third kappa shape index (κ3) is 3.25. The molecule has 1 heterocycles. The molecule has 0 saturated heterocycles. The van der Waals surface area contributed by atoms with Crippen LogP contribution in [0.3, 0.4) is 0 Å². The van der Waals surface area contributed by atoms with Crippen molar-refractivity contribution in [1.82, 2.24) is 0 Å². The van der Waals surface area contributed by atoms with Gasteiger partial charge in [-0.05, 0) is 0 Å². The summed E-state index contributed by atoms with van der Waals surface area (Å²) in [6.07, 6.45) is 8.00. The summed E-state index contributed by atoms with van der Waals surface area (Å²) in [5.41, 5.74) is 8.51. The average molecular weight is 559 g/mol. The van der Waals surface area contributed by atoms with Gasteiger partial charge in [0.2, 0.25) is 0 Å². The molecule has 130 valence electrons. The number of hydrogen-bond acceptors (Lipinski definition) is 2. The number of allylic oxidation sites excluding steroid dienone is 2. The molecule has 0 bridgehead atoms. The van der Waals surface area contributed by atoms with Crippen molar-refractivity contribution in [3.05, 3.63) is 74.1 Å². The minimum atomic E-state index is -2.30. The van der Waals surface area contributed by atoms with E-state index in [0.29, 0.717) is 0 Å². The van der Waals surface area contributed by atoms with Crippen LogP contribution in [0.15, 0.2) is 51.9 Å². The molecule has 0 nitrogen and oxygen atoms in total. The molecule has 0 aromatic heterocycles. The third-order valence-electron chi connectivity index (χ3n) is 4.87. The van der Waals surface area contributed by atoms with Crippen LogP contribution in [0.5, 0.6) is 0 Å². The maximum atomic E-state index is 6.21. The minimum absolute atomic E-state index is 0. The van der Waals surface area contributed by atoms with Crippen molar-refractivity contribution in [2.75, 3.05) is 5.75 Å². The summed E-state index contributed by atoms with van der Waals surface area (Å²) >= 11 is 3.33. The van der Waals surface area contributed by atoms with Crippen molar-refractivity contribution >= 4 is 60.8 Å². The second-order valence-corrected chi connectivity index (χ2v) is 15.2. The Bertz CT molecular complexity index is 1020. The molecule has 0 N–H and O–H groups in total. The second-order valence-electron chi connectivity index (χ2n) is 6.19. The van der Waals surface area contributed by atoms with Gasteiger partial charge in [-0.15, -0.1) is 0 Å². The molecule has 0 unspecified atom stereocenters. The second kappa shape index (κ2) is 8.27. The molecule has 6 heteroatoms. The van der Waals surface area contributed by atoms with Crippen LogP contribution in [0.25, 0.3) is 17.7 Å². The van der Waals surface area contributed by atoms with Crippen LogP contribution in [0.1, 0.15) is 22.3 Å². The molecule has 0 amide bonds. The van der Waals surface area contributed by atoms with Crippen molar-refractivity contribution < 1.29 is 44.5 Å². The van der Waals surface area contributed by atoms with Gasteiger partial charge in [0.15, 0.2) is 0 Å². The number of hydrogen-bond donors (Lipinski definition) is 0. The molecule has 26 heavy (non-hydrogen) atoms. The molecule has 3 aliphatic rings. The molecular weight excluding hydrogens is 546 g/mol. The fraction of sp³-hybridized carbons (Fsp3) is 0.100. The molecule has 5 rings (SSSR count). The van der Waals surface area contributed by atoms with Gasteiger partial charge in [0.1, 0.15) is 0 Å². The number of halogens is 3. The quantitative estimate of drug-likeness (QED) is 0.471. The van der Waals surface area contributed by atoms with E-state index in [0.717, 1.165) is 12.2 Å². The van der Waals surface area contributed by atoms with Crippen LogP contribution in [-0.4, -0.2) is 5.75 Å². The predicted molar refractivity (Wildman–Crippen MR) is 109 cm³/mol. The summed E-state index contributed by atoms with van der Waals surface area (Å²) in [5.74, 6) is 1.07. The van der Waals surface area contributed by atoms with E-state index in [2.05, 4.69) is 70.6 Å². The summed E-state index contributed by atoms with van der Waals surface area (Å²) in [7, 11) is 6.21. The first-order valence-electron chi connectivity index (χ1n) is 7.94. The maximum absolute atomic E-state index is 6.21. The third-order valence-corrected chi connectivity index (χ3v) is 14.0. The van der Waals surface area contributed by atoms with Gasteiger partial charge in [0.25, 0.3) is 0 Å². The van der Waals surface area contributed by atoms with Gasteiger partial charge < -0.3 is 24.8 Å². The van der Waals surface area contributed by atoms with E-state index in [9.17, 15) is 0 Å². The van der Waals surface area contributed by atoms with Crippen molar-refractivity contribution in [2.45, 2.75) is 6.42 Å².